The van der Waals surface area contributed by atoms with Gasteiger partial charge in [0.15, 0.2) is 5.82 Å². The topological polar surface area (TPSA) is 128 Å². The minimum Gasteiger partial charge on any atom is -0.346 e. The average Bonchev–Trinajstić information content (AvgIpc) is 2.73. The maximum Gasteiger partial charge on any atom is 0.273 e. The van der Waals surface area contributed by atoms with Gasteiger partial charge in [-0.25, -0.2) is 4.98 Å². The van der Waals surface area contributed by atoms with Gasteiger partial charge in [0.05, 0.1) is 22.7 Å². The van der Waals surface area contributed by atoms with Gasteiger partial charge in [0.25, 0.3) is 17.2 Å². The van der Waals surface area contributed by atoms with Crippen LogP contribution in [0.5, 0.6) is 0 Å². The number of amides is 1. The van der Waals surface area contributed by atoms with E-state index in [0.29, 0.717) is 48.8 Å². The molecular weight excluding hydrogens is 392 g/mol. The molecule has 1 aromatic heterocycles. The van der Waals surface area contributed by atoms with Gasteiger partial charge in [0, 0.05) is 43.4 Å². The zero-order valence-corrected chi connectivity index (χ0v) is 17.1. The van der Waals surface area contributed by atoms with Crippen molar-refractivity contribution >= 4 is 11.6 Å². The third kappa shape index (κ3) is 4.39. The third-order valence-electron chi connectivity index (χ3n) is 4.89. The first-order chi connectivity index (χ1) is 14.3. The number of nitro benzene ring substituents is 1. The second-order valence-corrected chi connectivity index (χ2v) is 6.85. The number of nitrogens with one attached hydrogen (secondary N) is 1. The van der Waals surface area contributed by atoms with Crippen LogP contribution < -0.4 is 5.56 Å². The molecule has 1 N–H and O–H groups in total. The zero-order chi connectivity index (χ0) is 21.8. The number of nitro groups is 1. The van der Waals surface area contributed by atoms with Crippen molar-refractivity contribution in [3.05, 3.63) is 66.9 Å². The van der Waals surface area contributed by atoms with E-state index in [0.717, 1.165) is 0 Å². The molecule has 2 heterocycles. The van der Waals surface area contributed by atoms with E-state index in [1.165, 1.54) is 11.0 Å². The molecule has 0 aliphatic carbocycles. The molecule has 1 aromatic carbocycles. The number of fused-ring (bicyclic) bond motifs is 1. The molecule has 0 atom stereocenters. The fraction of sp³-hybridized carbons (Fsp3) is 0.450. The maximum atomic E-state index is 12.9. The molecule has 1 amide bonds. The Morgan fingerprint density at radius 1 is 1.33 bits per heavy atom. The Kier molecular flexibility index (Phi) is 6.58. The number of aromatic amines is 1. The Morgan fingerprint density at radius 2 is 2.03 bits per heavy atom. The number of aromatic nitrogens is 2. The number of carbonyl (C=O) groups is 1. The van der Waals surface area contributed by atoms with E-state index >= 15 is 0 Å². The maximum absolute atomic E-state index is 12.9. The molecule has 1 aliphatic heterocycles. The van der Waals surface area contributed by atoms with E-state index in [9.17, 15) is 19.7 Å². The Labute approximate surface area is 173 Å². The molecular formula is C20H24N4O6. The van der Waals surface area contributed by atoms with Crippen LogP contribution in [0.3, 0.4) is 0 Å². The van der Waals surface area contributed by atoms with E-state index in [4.69, 9.17) is 9.47 Å². The fourth-order valence-electron chi connectivity index (χ4n) is 3.36. The Hall–Kier alpha value is -3.11. The van der Waals surface area contributed by atoms with Crippen LogP contribution >= 0.6 is 0 Å². The van der Waals surface area contributed by atoms with Gasteiger partial charge >= 0.3 is 0 Å². The zero-order valence-electron chi connectivity index (χ0n) is 17.1. The summed E-state index contributed by atoms with van der Waals surface area (Å²) in [6, 6.07) is 4.37. The molecule has 10 heteroatoms. The molecule has 0 bridgehead atoms. The van der Waals surface area contributed by atoms with Gasteiger partial charge in [0.1, 0.15) is 0 Å². The summed E-state index contributed by atoms with van der Waals surface area (Å²) < 4.78 is 11.0. The number of carbonyl (C=O) groups excluding carboxylic acids is 1. The number of hydrogen-bond donors (Lipinski definition) is 1. The second kappa shape index (κ2) is 9.14. The van der Waals surface area contributed by atoms with Gasteiger partial charge in [-0.2, -0.15) is 0 Å². The van der Waals surface area contributed by atoms with Crippen molar-refractivity contribution < 1.29 is 19.2 Å². The number of hydrogen-bond acceptors (Lipinski definition) is 7. The summed E-state index contributed by atoms with van der Waals surface area (Å²) in [5.74, 6) is -0.0647. The Bertz CT molecular complexity index is 1010. The highest BCUT2D eigenvalue weighted by Crippen LogP contribution is 2.23. The Morgan fingerprint density at radius 3 is 2.67 bits per heavy atom. The standard InChI is InChI=1S/C20H24N4O6/c1-4-29-20(30-5-2)17-21-15-8-9-23(11-14(15)18(25)22-17)19(26)13-7-6-12(3)16(10-13)24(27)28/h6-7,10,20H,4-5,8-9,11H2,1-3H3,(H,21,22,25). The molecule has 10 nitrogen and oxygen atoms in total. The molecule has 0 saturated carbocycles. The summed E-state index contributed by atoms with van der Waals surface area (Å²) in [4.78, 5) is 44.9. The first kappa shape index (κ1) is 21.6. The van der Waals surface area contributed by atoms with Gasteiger partial charge in [-0.1, -0.05) is 6.07 Å². The summed E-state index contributed by atoms with van der Waals surface area (Å²) >= 11 is 0. The lowest BCUT2D eigenvalue weighted by Gasteiger charge is -2.28. The van der Waals surface area contributed by atoms with Gasteiger partial charge in [0.2, 0.25) is 6.29 Å². The first-order valence-corrected chi connectivity index (χ1v) is 9.75. The minimum atomic E-state index is -0.759. The molecule has 0 radical (unpaired) electrons. The van der Waals surface area contributed by atoms with Crippen LogP contribution in [-0.2, 0) is 22.4 Å². The van der Waals surface area contributed by atoms with Crippen molar-refractivity contribution in [3.63, 3.8) is 0 Å². The molecule has 30 heavy (non-hydrogen) atoms. The number of H-pyrrole nitrogens is 1. The smallest absolute Gasteiger partial charge is 0.273 e. The number of aryl methyl sites for hydroxylation is 1. The molecule has 0 spiro atoms. The summed E-state index contributed by atoms with van der Waals surface area (Å²) in [6.07, 6.45) is -0.373. The van der Waals surface area contributed by atoms with Crippen molar-refractivity contribution in [1.82, 2.24) is 14.9 Å². The SMILES string of the molecule is CCOC(OCC)c1nc2c(c(=O)[nH]1)CN(C(=O)c1ccc(C)c([N+](=O)[O-])c1)CC2. The third-order valence-corrected chi connectivity index (χ3v) is 4.89. The summed E-state index contributed by atoms with van der Waals surface area (Å²) in [5.41, 5.74) is 1.22. The molecule has 1 aliphatic rings. The molecule has 0 unspecified atom stereocenters. The highest BCUT2D eigenvalue weighted by Gasteiger charge is 2.28. The van der Waals surface area contributed by atoms with Crippen LogP contribution in [0, 0.1) is 17.0 Å². The van der Waals surface area contributed by atoms with Crippen molar-refractivity contribution in [2.75, 3.05) is 19.8 Å². The lowest BCUT2D eigenvalue weighted by Crippen LogP contribution is -2.40. The number of nitrogens with zero attached hydrogens (tertiary/aromatic N) is 3. The average molecular weight is 416 g/mol. The van der Waals surface area contributed by atoms with E-state index in [-0.39, 0.29) is 29.3 Å². The van der Waals surface area contributed by atoms with Crippen LogP contribution in [0.1, 0.15) is 53.1 Å². The van der Waals surface area contributed by atoms with E-state index in [1.807, 2.05) is 13.8 Å². The van der Waals surface area contributed by atoms with Gasteiger partial charge in [-0.05, 0) is 26.8 Å². The van der Waals surface area contributed by atoms with Crippen LogP contribution in [-0.4, -0.2) is 45.5 Å². The van der Waals surface area contributed by atoms with Gasteiger partial charge < -0.3 is 19.4 Å². The summed E-state index contributed by atoms with van der Waals surface area (Å²) in [7, 11) is 0. The van der Waals surface area contributed by atoms with Crippen LogP contribution in [0.25, 0.3) is 0 Å². The predicted molar refractivity (Wildman–Crippen MR) is 107 cm³/mol. The number of rotatable bonds is 7. The van der Waals surface area contributed by atoms with Crippen molar-refractivity contribution in [1.29, 1.82) is 0 Å². The molecule has 0 fully saturated rings. The molecule has 2 aromatic rings. The van der Waals surface area contributed by atoms with Crippen LogP contribution in [0.15, 0.2) is 23.0 Å². The van der Waals surface area contributed by atoms with Crippen molar-refractivity contribution in [3.8, 4) is 0 Å². The molecule has 160 valence electrons. The quantitative estimate of drug-likeness (QED) is 0.416. The van der Waals surface area contributed by atoms with Gasteiger partial charge in [-0.15, -0.1) is 0 Å². The predicted octanol–water partition coefficient (Wildman–Crippen LogP) is 2.26. The minimum absolute atomic E-state index is 0.0758. The van der Waals surface area contributed by atoms with Crippen LogP contribution in [0.2, 0.25) is 0 Å². The van der Waals surface area contributed by atoms with E-state index < -0.39 is 11.2 Å². The molecule has 3 rings (SSSR count). The Balaban J connectivity index is 1.85. The molecule has 0 saturated heterocycles. The number of ether oxygens (including phenoxy) is 2. The van der Waals surface area contributed by atoms with E-state index in [2.05, 4.69) is 9.97 Å². The largest absolute Gasteiger partial charge is 0.346 e. The number of benzene rings is 1. The summed E-state index contributed by atoms with van der Waals surface area (Å²) in [6.45, 7) is 6.48. The van der Waals surface area contributed by atoms with E-state index in [1.54, 1.807) is 19.1 Å². The van der Waals surface area contributed by atoms with Crippen molar-refractivity contribution in [2.24, 2.45) is 0 Å². The summed E-state index contributed by atoms with van der Waals surface area (Å²) in [5, 5.41) is 11.2. The normalized spacial score (nSPS) is 13.4. The highest BCUT2D eigenvalue weighted by molar-refractivity contribution is 5.95. The lowest BCUT2D eigenvalue weighted by molar-refractivity contribution is -0.385. The lowest BCUT2D eigenvalue weighted by atomic mass is 10.0. The van der Waals surface area contributed by atoms with Gasteiger partial charge in [-0.3, -0.25) is 19.7 Å². The van der Waals surface area contributed by atoms with Crippen LogP contribution in [0.4, 0.5) is 5.69 Å². The second-order valence-electron chi connectivity index (χ2n) is 6.85. The monoisotopic (exact) mass is 416 g/mol. The highest BCUT2D eigenvalue weighted by atomic mass is 16.7. The first-order valence-electron chi connectivity index (χ1n) is 9.75. The fourth-order valence-corrected chi connectivity index (χ4v) is 3.36. The van der Waals surface area contributed by atoms with Crippen molar-refractivity contribution in [2.45, 2.75) is 40.0 Å².